The molecule has 0 fully saturated rings. The van der Waals surface area contributed by atoms with E-state index in [1.54, 1.807) is 48.5 Å². The van der Waals surface area contributed by atoms with Gasteiger partial charge in [-0.2, -0.15) is 0 Å². The van der Waals surface area contributed by atoms with E-state index in [1.807, 2.05) is 0 Å². The van der Waals surface area contributed by atoms with Crippen LogP contribution in [0.2, 0.25) is 20.1 Å². The Hall–Kier alpha value is -2.39. The fraction of sp³-hybridized carbons (Fsp3) is 0. The first-order valence-electron chi connectivity index (χ1n) is 10.1. The third kappa shape index (κ3) is 5.05. The van der Waals surface area contributed by atoms with Crippen LogP contribution in [0.3, 0.4) is 0 Å². The van der Waals surface area contributed by atoms with Crippen molar-refractivity contribution in [2.24, 2.45) is 4.99 Å². The first-order chi connectivity index (χ1) is 17.2. The summed E-state index contributed by atoms with van der Waals surface area (Å²) >= 11 is 29.2. The van der Waals surface area contributed by atoms with E-state index in [-0.39, 0.29) is 32.3 Å². The molecule has 0 saturated heterocycles. The highest BCUT2D eigenvalue weighted by Gasteiger charge is 2.27. The minimum Gasteiger partial charge on any atom is -0.422 e. The van der Waals surface area contributed by atoms with Crippen LogP contribution in [0.25, 0.3) is 16.2 Å². The lowest BCUT2D eigenvalue weighted by atomic mass is 10.1. The predicted octanol–water partition coefficient (Wildman–Crippen LogP) is 8.84. The van der Waals surface area contributed by atoms with E-state index in [4.69, 9.17) is 55.9 Å². The molecule has 180 valence electrons. The monoisotopic (exact) mass is 639 g/mol. The van der Waals surface area contributed by atoms with Crippen LogP contribution >= 0.6 is 73.7 Å². The molecule has 1 aliphatic heterocycles. The summed E-state index contributed by atoms with van der Waals surface area (Å²) in [6.45, 7) is 0. The third-order valence-electron chi connectivity index (χ3n) is 5.03. The standard InChI is InChI=1S/C25H10BrCl4NO4S/c26-12-1-6-19(34-25(33)22-21(30)16-5-3-14(28)10-20(16)36-22)11(7-12)8-18-24(32)35-23(31-18)15-4-2-13(27)9-17(15)29/h1-10H/b18-8+. The van der Waals surface area contributed by atoms with Gasteiger partial charge in [-0.3, -0.25) is 0 Å². The average Bonchev–Trinajstić information content (AvgIpc) is 3.34. The van der Waals surface area contributed by atoms with Crippen LogP contribution in [0.5, 0.6) is 5.75 Å². The highest BCUT2D eigenvalue weighted by atomic mass is 79.9. The van der Waals surface area contributed by atoms with Gasteiger partial charge in [0.1, 0.15) is 10.6 Å². The number of carbonyl (C=O) groups excluding carboxylic acids is 2. The van der Waals surface area contributed by atoms with Gasteiger partial charge < -0.3 is 9.47 Å². The number of halogens is 5. The van der Waals surface area contributed by atoms with Crippen LogP contribution < -0.4 is 4.74 Å². The topological polar surface area (TPSA) is 65.0 Å². The number of hydrogen-bond acceptors (Lipinski definition) is 6. The van der Waals surface area contributed by atoms with Crippen molar-refractivity contribution in [3.05, 3.63) is 101 Å². The van der Waals surface area contributed by atoms with Crippen LogP contribution in [0, 0.1) is 0 Å². The van der Waals surface area contributed by atoms with Gasteiger partial charge in [0.25, 0.3) is 0 Å². The molecule has 1 aliphatic rings. The Morgan fingerprint density at radius 1 is 1.00 bits per heavy atom. The van der Waals surface area contributed by atoms with E-state index in [1.165, 1.54) is 23.5 Å². The summed E-state index contributed by atoms with van der Waals surface area (Å²) < 4.78 is 12.4. The quantitative estimate of drug-likeness (QED) is 0.127. The van der Waals surface area contributed by atoms with Crippen LogP contribution in [-0.2, 0) is 9.53 Å². The van der Waals surface area contributed by atoms with Crippen molar-refractivity contribution in [3.8, 4) is 5.75 Å². The molecule has 0 radical (unpaired) electrons. The molecule has 0 bridgehead atoms. The molecule has 5 nitrogen and oxygen atoms in total. The molecule has 0 spiro atoms. The Morgan fingerprint density at radius 2 is 1.75 bits per heavy atom. The Kier molecular flexibility index (Phi) is 7.14. The summed E-state index contributed by atoms with van der Waals surface area (Å²) in [6.07, 6.45) is 1.46. The van der Waals surface area contributed by atoms with Crippen molar-refractivity contribution < 1.29 is 19.1 Å². The summed E-state index contributed by atoms with van der Waals surface area (Å²) in [6, 6.07) is 14.9. The second-order valence-electron chi connectivity index (χ2n) is 7.42. The van der Waals surface area contributed by atoms with Crippen molar-refractivity contribution in [1.29, 1.82) is 0 Å². The number of carbonyl (C=O) groups is 2. The summed E-state index contributed by atoms with van der Waals surface area (Å²) in [5.41, 5.74) is 0.830. The van der Waals surface area contributed by atoms with Crippen LogP contribution in [-0.4, -0.2) is 17.8 Å². The highest BCUT2D eigenvalue weighted by molar-refractivity contribution is 9.10. The van der Waals surface area contributed by atoms with E-state index >= 15 is 0 Å². The van der Waals surface area contributed by atoms with Gasteiger partial charge in [0, 0.05) is 30.2 Å². The Labute approximate surface area is 237 Å². The predicted molar refractivity (Wildman–Crippen MR) is 148 cm³/mol. The second kappa shape index (κ2) is 10.2. The number of rotatable bonds is 4. The first-order valence-corrected chi connectivity index (χ1v) is 13.2. The highest BCUT2D eigenvalue weighted by Crippen LogP contribution is 2.38. The maximum Gasteiger partial charge on any atom is 0.363 e. The second-order valence-corrected chi connectivity index (χ2v) is 11.0. The van der Waals surface area contributed by atoms with Crippen molar-refractivity contribution in [3.63, 3.8) is 0 Å². The minimum atomic E-state index is -0.683. The lowest BCUT2D eigenvalue weighted by molar-refractivity contribution is -0.129. The van der Waals surface area contributed by atoms with Gasteiger partial charge in [-0.15, -0.1) is 11.3 Å². The first kappa shape index (κ1) is 25.3. The molecule has 5 rings (SSSR count). The number of benzene rings is 3. The SMILES string of the molecule is O=C1OC(c2ccc(Cl)cc2Cl)=N/C1=C/c1cc(Br)ccc1OC(=O)c1sc2cc(Cl)ccc2c1Cl. The van der Waals surface area contributed by atoms with Gasteiger partial charge in [-0.1, -0.05) is 68.4 Å². The summed E-state index contributed by atoms with van der Waals surface area (Å²) in [5.74, 6) is -1.09. The third-order valence-corrected chi connectivity index (χ3v) is 7.94. The van der Waals surface area contributed by atoms with E-state index in [2.05, 4.69) is 20.9 Å². The largest absolute Gasteiger partial charge is 0.422 e. The maximum atomic E-state index is 13.0. The van der Waals surface area contributed by atoms with E-state index in [0.29, 0.717) is 31.0 Å². The Bertz CT molecular complexity index is 1650. The molecule has 2 heterocycles. The number of cyclic esters (lactones) is 1. The maximum absolute atomic E-state index is 13.0. The number of aliphatic imine (C=N–C) groups is 1. The molecular weight excluding hydrogens is 632 g/mol. The van der Waals surface area contributed by atoms with Gasteiger partial charge in [0.05, 0.1) is 15.6 Å². The molecule has 0 N–H and O–H groups in total. The number of ether oxygens (including phenoxy) is 2. The van der Waals surface area contributed by atoms with E-state index < -0.39 is 11.9 Å². The van der Waals surface area contributed by atoms with Crippen LogP contribution in [0.15, 0.2) is 69.8 Å². The molecule has 0 amide bonds. The minimum absolute atomic E-state index is 0.000881. The lowest BCUT2D eigenvalue weighted by Crippen LogP contribution is -2.08. The normalized spacial score (nSPS) is 14.3. The number of thiophene rings is 1. The Balaban J connectivity index is 1.49. The zero-order valence-electron chi connectivity index (χ0n) is 17.7. The molecule has 0 aliphatic carbocycles. The molecule has 0 atom stereocenters. The molecular formula is C25H10BrCl4NO4S. The molecule has 1 aromatic heterocycles. The zero-order valence-corrected chi connectivity index (χ0v) is 23.1. The Morgan fingerprint density at radius 3 is 2.53 bits per heavy atom. The molecule has 36 heavy (non-hydrogen) atoms. The van der Waals surface area contributed by atoms with Crippen molar-refractivity contribution in [2.75, 3.05) is 0 Å². The van der Waals surface area contributed by atoms with Crippen LogP contribution in [0.1, 0.15) is 20.8 Å². The number of fused-ring (bicyclic) bond motifs is 1. The lowest BCUT2D eigenvalue weighted by Gasteiger charge is -2.08. The smallest absolute Gasteiger partial charge is 0.363 e. The van der Waals surface area contributed by atoms with Crippen molar-refractivity contribution >= 4 is 108 Å². The van der Waals surface area contributed by atoms with E-state index in [0.717, 1.165) is 4.70 Å². The van der Waals surface area contributed by atoms with Crippen molar-refractivity contribution in [2.45, 2.75) is 0 Å². The van der Waals surface area contributed by atoms with Crippen molar-refractivity contribution in [1.82, 2.24) is 0 Å². The molecule has 0 saturated carbocycles. The van der Waals surface area contributed by atoms with Gasteiger partial charge in [0.2, 0.25) is 5.90 Å². The summed E-state index contributed by atoms with van der Waals surface area (Å²) in [7, 11) is 0. The zero-order chi connectivity index (χ0) is 25.6. The van der Waals surface area contributed by atoms with Gasteiger partial charge >= 0.3 is 11.9 Å². The summed E-state index contributed by atoms with van der Waals surface area (Å²) in [4.78, 5) is 30.1. The van der Waals surface area contributed by atoms with Crippen LogP contribution in [0.4, 0.5) is 0 Å². The fourth-order valence-electron chi connectivity index (χ4n) is 3.38. The van der Waals surface area contributed by atoms with Gasteiger partial charge in [-0.25, -0.2) is 14.6 Å². The molecule has 3 aromatic carbocycles. The molecule has 11 heteroatoms. The number of esters is 2. The van der Waals surface area contributed by atoms with Gasteiger partial charge in [-0.05, 0) is 54.6 Å². The van der Waals surface area contributed by atoms with Gasteiger partial charge in [0.15, 0.2) is 5.70 Å². The number of hydrogen-bond donors (Lipinski definition) is 0. The molecule has 0 unspecified atom stereocenters. The van der Waals surface area contributed by atoms with E-state index in [9.17, 15) is 9.59 Å². The fourth-order valence-corrected chi connectivity index (χ4v) is 5.91. The number of nitrogens with zero attached hydrogens (tertiary/aromatic N) is 1. The summed E-state index contributed by atoms with van der Waals surface area (Å²) in [5, 5.41) is 2.24. The molecule has 4 aromatic rings. The average molecular weight is 642 g/mol.